The van der Waals surface area contributed by atoms with Crippen LogP contribution in [0.4, 0.5) is 0 Å². The number of rotatable bonds is 2. The number of aromatic nitrogens is 3. The summed E-state index contributed by atoms with van der Waals surface area (Å²) in [6.45, 7) is 0. The Labute approximate surface area is 79.3 Å². The summed E-state index contributed by atoms with van der Waals surface area (Å²) in [5, 5.41) is 2.84. The largest absolute Gasteiger partial charge is 0.467 e. The molecule has 0 aliphatic heterocycles. The first-order valence-electron chi connectivity index (χ1n) is 3.66. The molecule has 0 aliphatic carbocycles. The Bertz CT molecular complexity index is 371. The summed E-state index contributed by atoms with van der Waals surface area (Å²) in [5.41, 5.74) is 0.913. The quantitative estimate of drug-likeness (QED) is 0.727. The molecule has 4 nitrogen and oxygen atoms in total. The lowest BCUT2D eigenvalue weighted by Crippen LogP contribution is -1.90. The van der Waals surface area contributed by atoms with Gasteiger partial charge in [0.1, 0.15) is 5.01 Å². The van der Waals surface area contributed by atoms with Crippen molar-refractivity contribution in [1.82, 2.24) is 15.0 Å². The van der Waals surface area contributed by atoms with Crippen molar-refractivity contribution in [3.05, 3.63) is 24.0 Å². The van der Waals surface area contributed by atoms with Crippen LogP contribution in [0.25, 0.3) is 10.6 Å². The van der Waals surface area contributed by atoms with Crippen LogP contribution in [-0.2, 0) is 0 Å². The molecule has 0 saturated heterocycles. The van der Waals surface area contributed by atoms with Gasteiger partial charge in [0.05, 0.1) is 7.11 Å². The molecule has 2 aromatic rings. The second kappa shape index (κ2) is 3.49. The highest BCUT2D eigenvalue weighted by Crippen LogP contribution is 2.20. The summed E-state index contributed by atoms with van der Waals surface area (Å²) >= 11 is 1.56. The zero-order chi connectivity index (χ0) is 9.10. The molecule has 0 unspecified atom stereocenters. The van der Waals surface area contributed by atoms with E-state index in [2.05, 4.69) is 15.0 Å². The minimum Gasteiger partial charge on any atom is -0.467 e. The molecule has 0 aliphatic rings. The number of thiazole rings is 1. The molecule has 0 radical (unpaired) electrons. The van der Waals surface area contributed by atoms with E-state index < -0.39 is 0 Å². The minimum atomic E-state index is 0.375. The monoisotopic (exact) mass is 193 g/mol. The molecule has 0 aromatic carbocycles. The predicted molar refractivity (Wildman–Crippen MR) is 49.7 cm³/mol. The van der Waals surface area contributed by atoms with Crippen molar-refractivity contribution in [3.63, 3.8) is 0 Å². The van der Waals surface area contributed by atoms with Crippen molar-refractivity contribution in [2.24, 2.45) is 0 Å². The molecule has 0 spiro atoms. The molecule has 2 rings (SSSR count). The first-order valence-corrected chi connectivity index (χ1v) is 4.54. The van der Waals surface area contributed by atoms with E-state index in [1.807, 2.05) is 5.38 Å². The Morgan fingerprint density at radius 1 is 1.23 bits per heavy atom. The Balaban J connectivity index is 2.33. The van der Waals surface area contributed by atoms with Crippen molar-refractivity contribution in [2.45, 2.75) is 0 Å². The Morgan fingerprint density at radius 2 is 2.00 bits per heavy atom. The number of hydrogen-bond donors (Lipinski definition) is 0. The third-order valence-corrected chi connectivity index (χ3v) is 2.31. The lowest BCUT2D eigenvalue weighted by molar-refractivity contribution is 0.380. The predicted octanol–water partition coefficient (Wildman–Crippen LogP) is 1.61. The van der Waals surface area contributed by atoms with Gasteiger partial charge in [-0.15, -0.1) is 11.3 Å². The van der Waals surface area contributed by atoms with Gasteiger partial charge < -0.3 is 4.74 Å². The highest BCUT2D eigenvalue weighted by molar-refractivity contribution is 7.13. The van der Waals surface area contributed by atoms with Gasteiger partial charge in [0.25, 0.3) is 0 Å². The summed E-state index contributed by atoms with van der Waals surface area (Å²) in [7, 11) is 1.54. The van der Waals surface area contributed by atoms with E-state index in [1.165, 1.54) is 0 Å². The minimum absolute atomic E-state index is 0.375. The molecule has 0 saturated carbocycles. The van der Waals surface area contributed by atoms with Gasteiger partial charge in [-0.1, -0.05) is 0 Å². The molecule has 5 heteroatoms. The van der Waals surface area contributed by atoms with Crippen molar-refractivity contribution < 1.29 is 4.74 Å². The lowest BCUT2D eigenvalue weighted by atomic mass is 10.4. The maximum absolute atomic E-state index is 4.85. The van der Waals surface area contributed by atoms with E-state index in [-0.39, 0.29) is 0 Å². The van der Waals surface area contributed by atoms with Crippen LogP contribution in [0, 0.1) is 0 Å². The Hall–Kier alpha value is -1.49. The maximum Gasteiger partial charge on any atom is 0.316 e. The van der Waals surface area contributed by atoms with Crippen LogP contribution in [0.1, 0.15) is 0 Å². The average molecular weight is 193 g/mol. The third kappa shape index (κ3) is 1.65. The summed E-state index contributed by atoms with van der Waals surface area (Å²) in [5.74, 6) is 0. The Kier molecular flexibility index (Phi) is 2.18. The molecule has 2 aromatic heterocycles. The number of hydrogen-bond acceptors (Lipinski definition) is 5. The molecular weight excluding hydrogens is 186 g/mol. The summed E-state index contributed by atoms with van der Waals surface area (Å²) < 4.78 is 4.85. The van der Waals surface area contributed by atoms with Crippen LogP contribution < -0.4 is 4.74 Å². The van der Waals surface area contributed by atoms with Gasteiger partial charge in [-0.25, -0.2) is 15.0 Å². The molecule has 0 N–H and O–H groups in total. The van der Waals surface area contributed by atoms with E-state index >= 15 is 0 Å². The number of nitrogens with zero attached hydrogens (tertiary/aromatic N) is 3. The highest BCUT2D eigenvalue weighted by atomic mass is 32.1. The number of methoxy groups -OCH3 is 1. The van der Waals surface area contributed by atoms with E-state index in [0.29, 0.717) is 6.01 Å². The first-order chi connectivity index (χ1) is 6.40. The summed E-state index contributed by atoms with van der Waals surface area (Å²) in [6, 6.07) is 0.375. The fourth-order valence-electron chi connectivity index (χ4n) is 0.898. The molecule has 0 fully saturated rings. The van der Waals surface area contributed by atoms with Gasteiger partial charge >= 0.3 is 6.01 Å². The van der Waals surface area contributed by atoms with Crippen molar-refractivity contribution >= 4 is 11.3 Å². The van der Waals surface area contributed by atoms with Crippen molar-refractivity contribution in [3.8, 4) is 16.6 Å². The fourth-order valence-corrected chi connectivity index (χ4v) is 1.51. The van der Waals surface area contributed by atoms with Gasteiger partial charge in [0.15, 0.2) is 0 Å². The third-order valence-electron chi connectivity index (χ3n) is 1.49. The van der Waals surface area contributed by atoms with E-state index in [1.54, 1.807) is 37.0 Å². The van der Waals surface area contributed by atoms with Gasteiger partial charge in [0.2, 0.25) is 0 Å². The second-order valence-electron chi connectivity index (χ2n) is 2.30. The van der Waals surface area contributed by atoms with Crippen LogP contribution in [0.2, 0.25) is 0 Å². The molecule has 0 bridgehead atoms. The highest BCUT2D eigenvalue weighted by Gasteiger charge is 2.01. The molecule has 2 heterocycles. The van der Waals surface area contributed by atoms with Gasteiger partial charge in [-0.05, 0) is 0 Å². The SMILES string of the molecule is COc1ncc(-c2nccs2)cn1. The first kappa shape index (κ1) is 8.12. The zero-order valence-corrected chi connectivity index (χ0v) is 7.78. The average Bonchev–Trinajstić information content (AvgIpc) is 2.71. The second-order valence-corrected chi connectivity index (χ2v) is 3.19. The van der Waals surface area contributed by atoms with Crippen LogP contribution in [0.5, 0.6) is 6.01 Å². The van der Waals surface area contributed by atoms with Crippen molar-refractivity contribution in [2.75, 3.05) is 7.11 Å². The van der Waals surface area contributed by atoms with E-state index in [9.17, 15) is 0 Å². The topological polar surface area (TPSA) is 47.9 Å². The molecular formula is C8H7N3OS. The van der Waals surface area contributed by atoms with Crippen molar-refractivity contribution in [1.29, 1.82) is 0 Å². The zero-order valence-electron chi connectivity index (χ0n) is 6.97. The number of ether oxygens (including phenoxy) is 1. The molecule has 0 amide bonds. The molecule has 0 atom stereocenters. The van der Waals surface area contributed by atoms with Crippen LogP contribution in [-0.4, -0.2) is 22.1 Å². The standard InChI is InChI=1S/C8H7N3OS/c1-12-8-10-4-6(5-11-8)7-9-2-3-13-7/h2-5H,1H3. The molecule has 13 heavy (non-hydrogen) atoms. The normalized spacial score (nSPS) is 9.92. The van der Waals surface area contributed by atoms with Gasteiger partial charge in [0, 0.05) is 29.5 Å². The van der Waals surface area contributed by atoms with Gasteiger partial charge in [-0.3, -0.25) is 0 Å². The van der Waals surface area contributed by atoms with E-state index in [0.717, 1.165) is 10.6 Å². The molecule has 66 valence electrons. The van der Waals surface area contributed by atoms with Crippen LogP contribution >= 0.6 is 11.3 Å². The Morgan fingerprint density at radius 3 is 2.54 bits per heavy atom. The lowest BCUT2D eigenvalue weighted by Gasteiger charge is -1.97. The smallest absolute Gasteiger partial charge is 0.316 e. The summed E-state index contributed by atoms with van der Waals surface area (Å²) in [4.78, 5) is 12.1. The fraction of sp³-hybridized carbons (Fsp3) is 0.125. The van der Waals surface area contributed by atoms with Gasteiger partial charge in [-0.2, -0.15) is 0 Å². The van der Waals surface area contributed by atoms with Crippen LogP contribution in [0.3, 0.4) is 0 Å². The maximum atomic E-state index is 4.85. The summed E-state index contributed by atoms with van der Waals surface area (Å²) in [6.07, 6.45) is 5.15. The van der Waals surface area contributed by atoms with Crippen LogP contribution in [0.15, 0.2) is 24.0 Å². The van der Waals surface area contributed by atoms with E-state index in [4.69, 9.17) is 4.74 Å².